The molecular weight excluding hydrogens is 286 g/mol. The minimum absolute atomic E-state index is 0.223. The fourth-order valence-electron chi connectivity index (χ4n) is 3.61. The fourth-order valence-corrected chi connectivity index (χ4v) is 3.61. The molecule has 0 spiro atoms. The number of hydrogen-bond acceptors (Lipinski definition) is 2. The molecule has 1 aliphatic heterocycles. The molecule has 0 aliphatic carbocycles. The number of carbonyl (C=O) groups excluding carboxylic acids is 1. The molecule has 0 bridgehead atoms. The zero-order valence-electron chi connectivity index (χ0n) is 14.4. The Hall–Kier alpha value is -1.84. The van der Waals surface area contributed by atoms with Gasteiger partial charge in [-0.15, -0.1) is 0 Å². The quantitative estimate of drug-likeness (QED) is 0.869. The number of nitrogens with zero attached hydrogens (tertiary/aromatic N) is 3. The summed E-state index contributed by atoms with van der Waals surface area (Å²) in [6, 6.07) is 6.28. The Morgan fingerprint density at radius 1 is 1.30 bits per heavy atom. The molecule has 0 aromatic carbocycles. The molecule has 0 radical (unpaired) electrons. The summed E-state index contributed by atoms with van der Waals surface area (Å²) in [4.78, 5) is 19.6. The molecule has 2 aromatic heterocycles. The topological polar surface area (TPSA) is 37.6 Å². The average molecular weight is 313 g/mol. The van der Waals surface area contributed by atoms with E-state index in [-0.39, 0.29) is 5.91 Å². The van der Waals surface area contributed by atoms with Gasteiger partial charge in [-0.2, -0.15) is 0 Å². The van der Waals surface area contributed by atoms with E-state index >= 15 is 0 Å². The summed E-state index contributed by atoms with van der Waals surface area (Å²) in [6.45, 7) is 7.64. The first-order valence-corrected chi connectivity index (χ1v) is 8.76. The summed E-state index contributed by atoms with van der Waals surface area (Å²) < 4.78 is 1.98. The van der Waals surface area contributed by atoms with E-state index in [0.717, 1.165) is 30.7 Å². The van der Waals surface area contributed by atoms with Gasteiger partial charge in [0.05, 0.1) is 12.1 Å². The van der Waals surface area contributed by atoms with Crippen molar-refractivity contribution in [3.05, 3.63) is 36.3 Å². The number of likely N-dealkylation sites (tertiary alicyclic amines) is 1. The molecule has 0 N–H and O–H groups in total. The number of amides is 1. The standard InChI is InChI=1S/C19H27N3O/c1-14(2)17-8-7-15(3)9-11-22(17)19(23)12-16-13-21-10-5-4-6-18(21)20-16/h4-6,10,13-15,17H,7-9,11-12H2,1-3H3. The van der Waals surface area contributed by atoms with Crippen molar-refractivity contribution >= 4 is 11.6 Å². The molecule has 1 fully saturated rings. The largest absolute Gasteiger partial charge is 0.339 e. The third kappa shape index (κ3) is 3.57. The summed E-state index contributed by atoms with van der Waals surface area (Å²) in [5.74, 6) is 1.44. The van der Waals surface area contributed by atoms with Gasteiger partial charge in [-0.25, -0.2) is 4.98 Å². The third-order valence-electron chi connectivity index (χ3n) is 5.05. The van der Waals surface area contributed by atoms with E-state index in [2.05, 4.69) is 30.7 Å². The first-order chi connectivity index (χ1) is 11.0. The normalized spacial score (nSPS) is 22.5. The van der Waals surface area contributed by atoms with Crippen molar-refractivity contribution < 1.29 is 4.79 Å². The molecule has 2 unspecified atom stereocenters. The van der Waals surface area contributed by atoms with Crippen LogP contribution in [0.25, 0.3) is 5.65 Å². The van der Waals surface area contributed by atoms with Crippen LogP contribution in [0.1, 0.15) is 45.7 Å². The van der Waals surface area contributed by atoms with Gasteiger partial charge in [0.25, 0.3) is 0 Å². The lowest BCUT2D eigenvalue weighted by molar-refractivity contribution is -0.133. The number of pyridine rings is 1. The van der Waals surface area contributed by atoms with E-state index < -0.39 is 0 Å². The highest BCUT2D eigenvalue weighted by atomic mass is 16.2. The Morgan fingerprint density at radius 3 is 2.87 bits per heavy atom. The molecule has 3 rings (SSSR count). The number of rotatable bonds is 3. The van der Waals surface area contributed by atoms with Crippen LogP contribution in [0.3, 0.4) is 0 Å². The van der Waals surface area contributed by atoms with E-state index in [0.29, 0.717) is 24.3 Å². The molecule has 2 aromatic rings. The SMILES string of the molecule is CC1CCC(C(C)C)N(C(=O)Cc2cn3ccccc3n2)CC1. The van der Waals surface area contributed by atoms with Crippen molar-refractivity contribution in [2.75, 3.05) is 6.54 Å². The number of hydrogen-bond donors (Lipinski definition) is 0. The number of carbonyl (C=O) groups is 1. The highest BCUT2D eigenvalue weighted by Crippen LogP contribution is 2.26. The van der Waals surface area contributed by atoms with Crippen LogP contribution in [0.5, 0.6) is 0 Å². The van der Waals surface area contributed by atoms with Gasteiger partial charge in [0.15, 0.2) is 0 Å². The Bertz CT molecular complexity index is 643. The van der Waals surface area contributed by atoms with Gasteiger partial charge >= 0.3 is 0 Å². The predicted molar refractivity (Wildman–Crippen MR) is 92.3 cm³/mol. The van der Waals surface area contributed by atoms with Gasteiger partial charge in [0.2, 0.25) is 5.91 Å². The number of fused-ring (bicyclic) bond motifs is 1. The lowest BCUT2D eigenvalue weighted by Crippen LogP contribution is -2.43. The first-order valence-electron chi connectivity index (χ1n) is 8.76. The van der Waals surface area contributed by atoms with Gasteiger partial charge in [0, 0.05) is 25.0 Å². The number of imidazole rings is 1. The van der Waals surface area contributed by atoms with Crippen molar-refractivity contribution in [3.8, 4) is 0 Å². The second-order valence-corrected chi connectivity index (χ2v) is 7.24. The first kappa shape index (κ1) is 16.0. The highest BCUT2D eigenvalue weighted by molar-refractivity contribution is 5.79. The molecule has 1 amide bonds. The molecule has 2 atom stereocenters. The Balaban J connectivity index is 1.76. The second kappa shape index (κ2) is 6.73. The van der Waals surface area contributed by atoms with Crippen molar-refractivity contribution in [2.24, 2.45) is 11.8 Å². The Kier molecular flexibility index (Phi) is 4.69. The molecule has 124 valence electrons. The van der Waals surface area contributed by atoms with E-state index in [9.17, 15) is 4.79 Å². The van der Waals surface area contributed by atoms with Crippen LogP contribution in [-0.4, -0.2) is 32.8 Å². The monoisotopic (exact) mass is 313 g/mol. The smallest absolute Gasteiger partial charge is 0.228 e. The number of aromatic nitrogens is 2. The van der Waals surface area contributed by atoms with Gasteiger partial charge in [-0.05, 0) is 43.2 Å². The van der Waals surface area contributed by atoms with Crippen molar-refractivity contribution in [3.63, 3.8) is 0 Å². The molecule has 4 nitrogen and oxygen atoms in total. The molecule has 1 aliphatic rings. The van der Waals surface area contributed by atoms with Crippen LogP contribution in [0.15, 0.2) is 30.6 Å². The molecule has 4 heteroatoms. The van der Waals surface area contributed by atoms with Gasteiger partial charge in [0.1, 0.15) is 5.65 Å². The van der Waals surface area contributed by atoms with Crippen molar-refractivity contribution in [1.29, 1.82) is 0 Å². The highest BCUT2D eigenvalue weighted by Gasteiger charge is 2.29. The van der Waals surface area contributed by atoms with Gasteiger partial charge in [-0.3, -0.25) is 4.79 Å². The minimum atomic E-state index is 0.223. The van der Waals surface area contributed by atoms with E-state index in [1.807, 2.05) is 35.0 Å². The summed E-state index contributed by atoms with van der Waals surface area (Å²) in [7, 11) is 0. The molecule has 0 saturated carbocycles. The fraction of sp³-hybridized carbons (Fsp3) is 0.579. The van der Waals surface area contributed by atoms with E-state index in [1.165, 1.54) is 6.42 Å². The van der Waals surface area contributed by atoms with Gasteiger partial charge < -0.3 is 9.30 Å². The zero-order chi connectivity index (χ0) is 16.4. The van der Waals surface area contributed by atoms with Crippen LogP contribution in [0.2, 0.25) is 0 Å². The molecule has 1 saturated heterocycles. The zero-order valence-corrected chi connectivity index (χ0v) is 14.4. The second-order valence-electron chi connectivity index (χ2n) is 7.24. The Labute approximate surface area is 138 Å². The maximum absolute atomic E-state index is 12.9. The Morgan fingerprint density at radius 2 is 2.13 bits per heavy atom. The lowest BCUT2D eigenvalue weighted by atomic mass is 9.95. The molecule has 23 heavy (non-hydrogen) atoms. The van der Waals surface area contributed by atoms with Crippen LogP contribution in [0.4, 0.5) is 0 Å². The predicted octanol–water partition coefficient (Wildman–Crippen LogP) is 3.55. The van der Waals surface area contributed by atoms with E-state index in [1.54, 1.807) is 0 Å². The van der Waals surface area contributed by atoms with Crippen LogP contribution in [-0.2, 0) is 11.2 Å². The summed E-state index contributed by atoms with van der Waals surface area (Å²) in [5.41, 5.74) is 1.76. The third-order valence-corrected chi connectivity index (χ3v) is 5.05. The lowest BCUT2D eigenvalue weighted by Gasteiger charge is -2.33. The van der Waals surface area contributed by atoms with Crippen LogP contribution >= 0.6 is 0 Å². The van der Waals surface area contributed by atoms with E-state index in [4.69, 9.17) is 0 Å². The molecular formula is C19H27N3O. The maximum atomic E-state index is 12.9. The molecule has 3 heterocycles. The van der Waals surface area contributed by atoms with Crippen molar-refractivity contribution in [2.45, 2.75) is 52.5 Å². The van der Waals surface area contributed by atoms with Crippen LogP contribution < -0.4 is 0 Å². The maximum Gasteiger partial charge on any atom is 0.228 e. The minimum Gasteiger partial charge on any atom is -0.339 e. The average Bonchev–Trinajstić information content (AvgIpc) is 2.80. The van der Waals surface area contributed by atoms with Crippen molar-refractivity contribution in [1.82, 2.24) is 14.3 Å². The summed E-state index contributed by atoms with van der Waals surface area (Å²) in [6.07, 6.45) is 7.80. The van der Waals surface area contributed by atoms with Gasteiger partial charge in [-0.1, -0.05) is 26.8 Å². The van der Waals surface area contributed by atoms with Crippen LogP contribution in [0, 0.1) is 11.8 Å². The summed E-state index contributed by atoms with van der Waals surface area (Å²) in [5, 5.41) is 0. The summed E-state index contributed by atoms with van der Waals surface area (Å²) >= 11 is 0.